The summed E-state index contributed by atoms with van der Waals surface area (Å²) in [5.74, 6) is 0.699. The average Bonchev–Trinajstić information content (AvgIpc) is 3.53. The Morgan fingerprint density at radius 1 is 1.14 bits per heavy atom. The van der Waals surface area contributed by atoms with Crippen molar-refractivity contribution in [1.82, 2.24) is 34.9 Å². The van der Waals surface area contributed by atoms with E-state index in [2.05, 4.69) is 30.5 Å². The molecular weight excluding hydrogens is 451 g/mol. The molecule has 35 heavy (non-hydrogen) atoms. The third-order valence-electron chi connectivity index (χ3n) is 5.98. The predicted molar refractivity (Wildman–Crippen MR) is 124 cm³/mol. The number of carbonyl (C=O) groups is 1. The lowest BCUT2D eigenvalue weighted by Crippen LogP contribution is -2.27. The number of nitrogens with zero attached hydrogens (tertiary/aromatic N) is 6. The standard InChI is InChI=1S/C24H19FN8O2/c1-24(2)17-19(31-23(24)34)29-20(30-22(17)35-14-10-27-28-11-14)18-15-7-5-9-26-21(15)33(32-18)12-13-6-3-4-8-16(13)25/h3-11H,12H2,1-2H3,(H,27,28)(H,29,30,31,34). The van der Waals surface area contributed by atoms with Gasteiger partial charge in [-0.25, -0.2) is 19.0 Å². The van der Waals surface area contributed by atoms with Crippen LogP contribution in [0.2, 0.25) is 0 Å². The second-order valence-corrected chi connectivity index (χ2v) is 8.66. The number of rotatable bonds is 5. The molecule has 10 nitrogen and oxygen atoms in total. The molecule has 174 valence electrons. The zero-order valence-electron chi connectivity index (χ0n) is 18.8. The van der Waals surface area contributed by atoms with Crippen LogP contribution in [0.3, 0.4) is 0 Å². The van der Waals surface area contributed by atoms with Crippen molar-refractivity contribution >= 4 is 22.8 Å². The van der Waals surface area contributed by atoms with E-state index in [1.165, 1.54) is 12.3 Å². The molecule has 0 atom stereocenters. The minimum Gasteiger partial charge on any atom is -0.435 e. The summed E-state index contributed by atoms with van der Waals surface area (Å²) in [6.45, 7) is 3.73. The molecule has 0 aliphatic carbocycles. The number of fused-ring (bicyclic) bond motifs is 2. The Hall–Kier alpha value is -4.67. The first-order valence-corrected chi connectivity index (χ1v) is 10.9. The number of carbonyl (C=O) groups excluding carboxylic acids is 1. The van der Waals surface area contributed by atoms with Gasteiger partial charge in [0.2, 0.25) is 11.8 Å². The van der Waals surface area contributed by atoms with Crippen LogP contribution in [0, 0.1) is 5.82 Å². The van der Waals surface area contributed by atoms with Crippen molar-refractivity contribution in [1.29, 1.82) is 0 Å². The molecular formula is C24H19FN8O2. The smallest absolute Gasteiger partial charge is 0.235 e. The number of halogens is 1. The Morgan fingerprint density at radius 3 is 2.80 bits per heavy atom. The molecule has 11 heteroatoms. The first-order chi connectivity index (χ1) is 16.9. The Morgan fingerprint density at radius 2 is 2.00 bits per heavy atom. The second kappa shape index (κ2) is 7.69. The van der Waals surface area contributed by atoms with Crippen LogP contribution in [-0.4, -0.2) is 40.8 Å². The zero-order chi connectivity index (χ0) is 24.2. The molecule has 0 radical (unpaired) electrons. The van der Waals surface area contributed by atoms with Crippen molar-refractivity contribution in [3.63, 3.8) is 0 Å². The van der Waals surface area contributed by atoms with Crippen molar-refractivity contribution < 1.29 is 13.9 Å². The molecule has 2 N–H and O–H groups in total. The maximum absolute atomic E-state index is 14.3. The van der Waals surface area contributed by atoms with Crippen molar-refractivity contribution in [2.75, 3.05) is 5.32 Å². The molecule has 1 aliphatic heterocycles. The zero-order valence-corrected chi connectivity index (χ0v) is 18.8. The molecule has 1 aromatic carbocycles. The molecule has 0 fully saturated rings. The number of pyridine rings is 1. The molecule has 0 spiro atoms. The van der Waals surface area contributed by atoms with Crippen LogP contribution < -0.4 is 10.1 Å². The topological polar surface area (TPSA) is 124 Å². The first kappa shape index (κ1) is 20.9. The van der Waals surface area contributed by atoms with Crippen molar-refractivity contribution in [2.24, 2.45) is 0 Å². The molecule has 0 saturated heterocycles. The average molecular weight is 470 g/mol. The van der Waals surface area contributed by atoms with Crippen LogP contribution in [0.5, 0.6) is 11.6 Å². The Bertz CT molecular complexity index is 1590. The normalized spacial score (nSPS) is 14.2. The highest BCUT2D eigenvalue weighted by atomic mass is 19.1. The number of hydrogen-bond donors (Lipinski definition) is 2. The number of hydrogen-bond acceptors (Lipinski definition) is 7. The van der Waals surface area contributed by atoms with Crippen LogP contribution >= 0.6 is 0 Å². The van der Waals surface area contributed by atoms with Crippen molar-refractivity contribution in [2.45, 2.75) is 25.8 Å². The maximum atomic E-state index is 14.3. The second-order valence-electron chi connectivity index (χ2n) is 8.66. The summed E-state index contributed by atoms with van der Waals surface area (Å²) in [6.07, 6.45) is 4.73. The highest BCUT2D eigenvalue weighted by Gasteiger charge is 2.44. The summed E-state index contributed by atoms with van der Waals surface area (Å²) in [7, 11) is 0. The van der Waals surface area contributed by atoms with E-state index < -0.39 is 5.41 Å². The molecule has 5 heterocycles. The van der Waals surface area contributed by atoms with E-state index in [4.69, 9.17) is 9.84 Å². The van der Waals surface area contributed by atoms with Crippen LogP contribution in [0.15, 0.2) is 55.0 Å². The minimum atomic E-state index is -0.902. The summed E-state index contributed by atoms with van der Waals surface area (Å²) < 4.78 is 22.0. The lowest BCUT2D eigenvalue weighted by molar-refractivity contribution is -0.119. The molecule has 1 amide bonds. The largest absolute Gasteiger partial charge is 0.435 e. The number of anilines is 1. The van der Waals surface area contributed by atoms with Crippen molar-refractivity contribution in [3.8, 4) is 23.1 Å². The monoisotopic (exact) mass is 470 g/mol. The summed E-state index contributed by atoms with van der Waals surface area (Å²) in [5.41, 5.74) is 1.10. The van der Waals surface area contributed by atoms with Crippen molar-refractivity contribution in [3.05, 3.63) is 71.9 Å². The lowest BCUT2D eigenvalue weighted by atomic mass is 9.87. The van der Waals surface area contributed by atoms with E-state index in [0.717, 1.165) is 0 Å². The molecule has 0 saturated carbocycles. The lowest BCUT2D eigenvalue weighted by Gasteiger charge is -2.17. The first-order valence-electron chi connectivity index (χ1n) is 10.9. The summed E-state index contributed by atoms with van der Waals surface area (Å²) in [6, 6.07) is 10.1. The highest BCUT2D eigenvalue weighted by Crippen LogP contribution is 2.44. The van der Waals surface area contributed by atoms with Gasteiger partial charge in [0.15, 0.2) is 17.2 Å². The van der Waals surface area contributed by atoms with Gasteiger partial charge >= 0.3 is 0 Å². The van der Waals surface area contributed by atoms with E-state index >= 15 is 0 Å². The van der Waals surface area contributed by atoms with Gasteiger partial charge in [-0.2, -0.15) is 15.2 Å². The van der Waals surface area contributed by atoms with Crippen LogP contribution in [0.4, 0.5) is 10.2 Å². The van der Waals surface area contributed by atoms with Gasteiger partial charge < -0.3 is 10.1 Å². The molecule has 5 aromatic rings. The fourth-order valence-corrected chi connectivity index (χ4v) is 4.13. The molecule has 0 bridgehead atoms. The van der Waals surface area contributed by atoms with Crippen LogP contribution in [0.1, 0.15) is 25.0 Å². The van der Waals surface area contributed by atoms with E-state index in [9.17, 15) is 9.18 Å². The fourth-order valence-electron chi connectivity index (χ4n) is 4.13. The van der Waals surface area contributed by atoms with Gasteiger partial charge in [0.1, 0.15) is 17.3 Å². The molecule has 4 aromatic heterocycles. The van der Waals surface area contributed by atoms with Gasteiger partial charge in [0, 0.05) is 11.8 Å². The Kier molecular flexibility index (Phi) is 4.59. The Balaban J connectivity index is 1.52. The fraction of sp³-hybridized carbons (Fsp3) is 0.167. The summed E-state index contributed by atoms with van der Waals surface area (Å²) in [4.78, 5) is 26.4. The highest BCUT2D eigenvalue weighted by molar-refractivity contribution is 6.05. The van der Waals surface area contributed by atoms with E-state index in [0.29, 0.717) is 39.4 Å². The molecule has 1 aliphatic rings. The summed E-state index contributed by atoms with van der Waals surface area (Å²) >= 11 is 0. The number of nitrogens with one attached hydrogen (secondary N) is 2. The number of aromatic nitrogens is 7. The van der Waals surface area contributed by atoms with Gasteiger partial charge in [0.25, 0.3) is 0 Å². The number of benzene rings is 1. The number of ether oxygens (including phenoxy) is 1. The maximum Gasteiger partial charge on any atom is 0.235 e. The predicted octanol–water partition coefficient (Wildman–Crippen LogP) is 3.82. The van der Waals surface area contributed by atoms with Gasteiger partial charge in [-0.05, 0) is 32.0 Å². The van der Waals surface area contributed by atoms with Crippen LogP contribution in [0.25, 0.3) is 22.6 Å². The van der Waals surface area contributed by atoms with Gasteiger partial charge in [-0.3, -0.25) is 9.89 Å². The van der Waals surface area contributed by atoms with Gasteiger partial charge in [-0.1, -0.05) is 18.2 Å². The molecule has 0 unspecified atom stereocenters. The number of amides is 1. The van der Waals surface area contributed by atoms with E-state index in [1.807, 2.05) is 6.07 Å². The van der Waals surface area contributed by atoms with Crippen LogP contribution in [-0.2, 0) is 16.8 Å². The van der Waals surface area contributed by atoms with E-state index in [-0.39, 0.29) is 30.0 Å². The SMILES string of the molecule is CC1(C)C(=O)Nc2nc(-c3nn(Cc4ccccc4F)c4ncccc34)nc(Oc3cn[nH]c3)c21. The number of H-pyrrole nitrogens is 1. The number of aromatic amines is 1. The van der Waals surface area contributed by atoms with Gasteiger partial charge in [-0.15, -0.1) is 0 Å². The third-order valence-corrected chi connectivity index (χ3v) is 5.98. The van der Waals surface area contributed by atoms with E-state index in [1.54, 1.807) is 55.2 Å². The minimum absolute atomic E-state index is 0.174. The van der Waals surface area contributed by atoms with Gasteiger partial charge in [0.05, 0.1) is 35.3 Å². The Labute approximate surface area is 198 Å². The molecule has 6 rings (SSSR count). The quantitative estimate of drug-likeness (QED) is 0.400. The third kappa shape index (κ3) is 3.39. The summed E-state index contributed by atoms with van der Waals surface area (Å²) in [5, 5.41) is 14.8.